The average Bonchev–Trinajstić information content (AvgIpc) is 2.57. The van der Waals surface area contributed by atoms with E-state index < -0.39 is 0 Å². The van der Waals surface area contributed by atoms with Gasteiger partial charge >= 0.3 is 0 Å². The molecule has 1 amide bonds. The number of piperidine rings is 1. The van der Waals surface area contributed by atoms with Gasteiger partial charge in [-0.05, 0) is 25.8 Å². The molecule has 0 aromatic carbocycles. The van der Waals surface area contributed by atoms with Gasteiger partial charge in [-0.3, -0.25) is 4.79 Å². The Bertz CT molecular complexity index is 180. The summed E-state index contributed by atoms with van der Waals surface area (Å²) in [5.41, 5.74) is 0. The van der Waals surface area contributed by atoms with E-state index in [1.165, 1.54) is 6.42 Å². The monoisotopic (exact) mass is 204 g/mol. The minimum Gasteiger partial charge on any atom is -0.338 e. The minimum absolute atomic E-state index is 0. The van der Waals surface area contributed by atoms with Gasteiger partial charge in [0.05, 0.1) is 0 Å². The maximum absolute atomic E-state index is 11.5. The summed E-state index contributed by atoms with van der Waals surface area (Å²) in [4.78, 5) is 13.6. The Morgan fingerprint density at radius 1 is 1.38 bits per heavy atom. The van der Waals surface area contributed by atoms with Crippen molar-refractivity contribution in [2.75, 3.05) is 19.6 Å². The van der Waals surface area contributed by atoms with Gasteiger partial charge in [0, 0.05) is 25.6 Å². The van der Waals surface area contributed by atoms with E-state index in [0.717, 1.165) is 38.9 Å². The van der Waals surface area contributed by atoms with Crippen LogP contribution in [0, 0.1) is 0 Å². The summed E-state index contributed by atoms with van der Waals surface area (Å²) in [5, 5.41) is 3.30. The molecule has 1 N–H and O–H groups in total. The molecule has 0 spiro atoms. The third kappa shape index (κ3) is 2.35. The van der Waals surface area contributed by atoms with Gasteiger partial charge < -0.3 is 10.2 Å². The number of hydrogen-bond donors (Lipinski definition) is 1. The lowest BCUT2D eigenvalue weighted by Crippen LogP contribution is -2.44. The first kappa shape index (κ1) is 10.8. The predicted molar refractivity (Wildman–Crippen MR) is 54.1 cm³/mol. The van der Waals surface area contributed by atoms with Crippen molar-refractivity contribution in [2.24, 2.45) is 0 Å². The summed E-state index contributed by atoms with van der Waals surface area (Å²) >= 11 is 0. The second-order valence-electron chi connectivity index (χ2n) is 3.69. The first-order valence-corrected chi connectivity index (χ1v) is 4.88. The van der Waals surface area contributed by atoms with Crippen LogP contribution in [-0.4, -0.2) is 36.5 Å². The highest BCUT2D eigenvalue weighted by Crippen LogP contribution is 2.16. The third-order valence-electron chi connectivity index (χ3n) is 2.84. The first-order chi connectivity index (χ1) is 5.88. The molecule has 3 nitrogen and oxygen atoms in total. The molecule has 0 saturated carbocycles. The van der Waals surface area contributed by atoms with Gasteiger partial charge in [0.15, 0.2) is 0 Å². The van der Waals surface area contributed by atoms with E-state index in [4.69, 9.17) is 0 Å². The Balaban J connectivity index is 0.000000845. The van der Waals surface area contributed by atoms with Crippen molar-refractivity contribution in [2.45, 2.75) is 31.7 Å². The zero-order chi connectivity index (χ0) is 8.39. The second kappa shape index (κ2) is 4.82. The fraction of sp³-hybridized carbons (Fsp3) is 0.889. The Hall–Kier alpha value is -0.280. The molecule has 13 heavy (non-hydrogen) atoms. The number of halogens is 1. The molecule has 0 radical (unpaired) electrons. The fourth-order valence-corrected chi connectivity index (χ4v) is 2.12. The van der Waals surface area contributed by atoms with Crippen LogP contribution >= 0.6 is 12.4 Å². The fourth-order valence-electron chi connectivity index (χ4n) is 2.12. The molecule has 2 heterocycles. The maximum atomic E-state index is 11.5. The number of rotatable bonds is 1. The lowest BCUT2D eigenvalue weighted by molar-refractivity contribution is -0.135. The van der Waals surface area contributed by atoms with E-state index >= 15 is 0 Å². The van der Waals surface area contributed by atoms with Crippen LogP contribution in [0.4, 0.5) is 0 Å². The molecule has 2 rings (SSSR count). The second-order valence-corrected chi connectivity index (χ2v) is 3.69. The summed E-state index contributed by atoms with van der Waals surface area (Å²) in [5.74, 6) is 0.370. The van der Waals surface area contributed by atoms with Crippen molar-refractivity contribution in [3.05, 3.63) is 0 Å². The molecule has 2 saturated heterocycles. The van der Waals surface area contributed by atoms with E-state index in [1.807, 2.05) is 0 Å². The molecule has 4 heteroatoms. The lowest BCUT2D eigenvalue weighted by atomic mass is 10.1. The van der Waals surface area contributed by atoms with Gasteiger partial charge in [-0.25, -0.2) is 0 Å². The molecule has 0 aromatic rings. The van der Waals surface area contributed by atoms with Crippen LogP contribution < -0.4 is 5.32 Å². The highest BCUT2D eigenvalue weighted by molar-refractivity contribution is 5.85. The molecule has 2 aliphatic rings. The van der Waals surface area contributed by atoms with Gasteiger partial charge in [0.1, 0.15) is 0 Å². The number of hydrogen-bond acceptors (Lipinski definition) is 2. The molecule has 0 aliphatic carbocycles. The van der Waals surface area contributed by atoms with Crippen LogP contribution in [-0.2, 0) is 4.79 Å². The SMILES string of the molecule is Cl.O=C1CCCCN1C1CCNC1. The standard InChI is InChI=1S/C9H16N2O.ClH/c12-9-3-1-2-6-11(9)8-4-5-10-7-8;/h8,10H,1-7H2;1H. The van der Waals surface area contributed by atoms with E-state index in [0.29, 0.717) is 11.9 Å². The molecular formula is C9H17ClN2O. The zero-order valence-corrected chi connectivity index (χ0v) is 8.61. The Morgan fingerprint density at radius 2 is 2.23 bits per heavy atom. The van der Waals surface area contributed by atoms with Crippen molar-refractivity contribution in [1.82, 2.24) is 10.2 Å². The van der Waals surface area contributed by atoms with E-state index in [-0.39, 0.29) is 12.4 Å². The summed E-state index contributed by atoms with van der Waals surface area (Å²) < 4.78 is 0. The van der Waals surface area contributed by atoms with Crippen molar-refractivity contribution >= 4 is 18.3 Å². The van der Waals surface area contributed by atoms with Crippen LogP contribution in [0.2, 0.25) is 0 Å². The summed E-state index contributed by atoms with van der Waals surface area (Å²) in [7, 11) is 0. The molecule has 76 valence electrons. The zero-order valence-electron chi connectivity index (χ0n) is 7.79. The van der Waals surface area contributed by atoms with Crippen LogP contribution in [0.3, 0.4) is 0 Å². The molecule has 0 aromatic heterocycles. The summed E-state index contributed by atoms with van der Waals surface area (Å²) in [6.45, 7) is 3.07. The van der Waals surface area contributed by atoms with Gasteiger partial charge in [0.2, 0.25) is 5.91 Å². The van der Waals surface area contributed by atoms with E-state index in [2.05, 4.69) is 10.2 Å². The molecule has 2 aliphatic heterocycles. The smallest absolute Gasteiger partial charge is 0.222 e. The highest BCUT2D eigenvalue weighted by Gasteiger charge is 2.27. The number of carbonyl (C=O) groups is 1. The van der Waals surface area contributed by atoms with Crippen molar-refractivity contribution in [1.29, 1.82) is 0 Å². The third-order valence-corrected chi connectivity index (χ3v) is 2.84. The predicted octanol–water partition coefficient (Wildman–Crippen LogP) is 0.783. The quantitative estimate of drug-likeness (QED) is 0.685. The number of likely N-dealkylation sites (tertiary alicyclic amines) is 1. The number of nitrogens with zero attached hydrogens (tertiary/aromatic N) is 1. The number of carbonyl (C=O) groups excluding carboxylic acids is 1. The lowest BCUT2D eigenvalue weighted by Gasteiger charge is -2.31. The van der Waals surface area contributed by atoms with Crippen LogP contribution in [0.25, 0.3) is 0 Å². The number of amides is 1. The van der Waals surface area contributed by atoms with Gasteiger partial charge in [-0.2, -0.15) is 0 Å². The Kier molecular flexibility index (Phi) is 4.00. The van der Waals surface area contributed by atoms with E-state index in [1.54, 1.807) is 0 Å². The van der Waals surface area contributed by atoms with E-state index in [9.17, 15) is 4.79 Å². The highest BCUT2D eigenvalue weighted by atomic mass is 35.5. The molecule has 2 fully saturated rings. The summed E-state index contributed by atoms with van der Waals surface area (Å²) in [6, 6.07) is 0.498. The first-order valence-electron chi connectivity index (χ1n) is 4.88. The normalized spacial score (nSPS) is 28.8. The van der Waals surface area contributed by atoms with Crippen molar-refractivity contribution in [3.8, 4) is 0 Å². The largest absolute Gasteiger partial charge is 0.338 e. The van der Waals surface area contributed by atoms with Gasteiger partial charge in [-0.15, -0.1) is 12.4 Å². The van der Waals surface area contributed by atoms with Crippen LogP contribution in [0.1, 0.15) is 25.7 Å². The molecule has 1 atom stereocenters. The summed E-state index contributed by atoms with van der Waals surface area (Å²) in [6.07, 6.45) is 4.21. The molecular weight excluding hydrogens is 188 g/mol. The van der Waals surface area contributed by atoms with Gasteiger partial charge in [-0.1, -0.05) is 0 Å². The topological polar surface area (TPSA) is 32.3 Å². The van der Waals surface area contributed by atoms with Crippen molar-refractivity contribution < 1.29 is 4.79 Å². The Morgan fingerprint density at radius 3 is 2.85 bits per heavy atom. The maximum Gasteiger partial charge on any atom is 0.222 e. The Labute approximate surface area is 85.3 Å². The minimum atomic E-state index is 0. The van der Waals surface area contributed by atoms with Crippen LogP contribution in [0.15, 0.2) is 0 Å². The number of nitrogens with one attached hydrogen (secondary N) is 1. The molecule has 1 unspecified atom stereocenters. The van der Waals surface area contributed by atoms with Gasteiger partial charge in [0.25, 0.3) is 0 Å². The van der Waals surface area contributed by atoms with Crippen LogP contribution in [0.5, 0.6) is 0 Å². The molecule has 0 bridgehead atoms. The average molecular weight is 205 g/mol. The van der Waals surface area contributed by atoms with Crippen molar-refractivity contribution in [3.63, 3.8) is 0 Å².